The molecule has 21 heavy (non-hydrogen) atoms. The molecule has 0 radical (unpaired) electrons. The first-order chi connectivity index (χ1) is 10.0. The van der Waals surface area contributed by atoms with Crippen molar-refractivity contribution in [3.8, 4) is 0 Å². The number of benzene rings is 1. The van der Waals surface area contributed by atoms with E-state index in [-0.39, 0.29) is 23.4 Å². The Bertz CT molecular complexity index is 550. The van der Waals surface area contributed by atoms with Crippen LogP contribution >= 0.6 is 0 Å². The summed E-state index contributed by atoms with van der Waals surface area (Å²) in [6, 6.07) is 3.34. The lowest BCUT2D eigenvalue weighted by Crippen LogP contribution is -2.35. The number of hydrogen-bond acceptors (Lipinski definition) is 4. The van der Waals surface area contributed by atoms with Gasteiger partial charge < -0.3 is 11.1 Å². The maximum Gasteiger partial charge on any atom is 0.306 e. The summed E-state index contributed by atoms with van der Waals surface area (Å²) >= 11 is 0. The van der Waals surface area contributed by atoms with Crippen molar-refractivity contribution in [2.45, 2.75) is 25.7 Å². The van der Waals surface area contributed by atoms with Crippen LogP contribution in [0.25, 0.3) is 0 Å². The fourth-order valence-corrected chi connectivity index (χ4v) is 2.80. The van der Waals surface area contributed by atoms with E-state index in [9.17, 15) is 19.3 Å². The number of amides is 1. The van der Waals surface area contributed by atoms with Gasteiger partial charge in [0.05, 0.1) is 4.92 Å². The predicted molar refractivity (Wildman–Crippen MR) is 76.2 cm³/mol. The zero-order valence-corrected chi connectivity index (χ0v) is 11.5. The molecule has 0 saturated heterocycles. The lowest BCUT2D eigenvalue weighted by molar-refractivity contribution is -0.387. The van der Waals surface area contributed by atoms with Crippen molar-refractivity contribution in [2.24, 2.45) is 17.6 Å². The van der Waals surface area contributed by atoms with Gasteiger partial charge in [-0.3, -0.25) is 14.9 Å². The molecule has 2 rings (SSSR count). The van der Waals surface area contributed by atoms with Crippen LogP contribution in [-0.2, 0) is 4.79 Å². The molecule has 0 heterocycles. The molecule has 7 heteroatoms. The third-order valence-corrected chi connectivity index (χ3v) is 3.96. The number of nitro groups is 1. The summed E-state index contributed by atoms with van der Waals surface area (Å²) in [6.45, 7) is 0.446. The Morgan fingerprint density at radius 2 is 2.14 bits per heavy atom. The highest BCUT2D eigenvalue weighted by Gasteiger charge is 2.30. The van der Waals surface area contributed by atoms with Gasteiger partial charge in [0, 0.05) is 17.7 Å². The number of nitrogens with one attached hydrogen (secondary N) is 1. The van der Waals surface area contributed by atoms with Gasteiger partial charge in [-0.25, -0.2) is 0 Å². The van der Waals surface area contributed by atoms with Crippen molar-refractivity contribution in [1.29, 1.82) is 0 Å². The third kappa shape index (κ3) is 3.55. The Morgan fingerprint density at radius 1 is 1.43 bits per heavy atom. The van der Waals surface area contributed by atoms with Gasteiger partial charge in [0.2, 0.25) is 11.7 Å². The van der Waals surface area contributed by atoms with Crippen LogP contribution in [0.5, 0.6) is 0 Å². The molecular formula is C14H18FN3O3. The Balaban J connectivity index is 2.12. The van der Waals surface area contributed by atoms with E-state index in [1.165, 1.54) is 6.07 Å². The minimum Gasteiger partial charge on any atom is -0.330 e. The number of rotatable bonds is 4. The number of carbonyl (C=O) groups excluding carboxylic acids is 1. The van der Waals surface area contributed by atoms with Gasteiger partial charge in [-0.2, -0.15) is 4.39 Å². The summed E-state index contributed by atoms with van der Waals surface area (Å²) in [4.78, 5) is 22.2. The van der Waals surface area contributed by atoms with Crippen LogP contribution < -0.4 is 11.1 Å². The molecule has 1 aromatic carbocycles. The number of nitrogens with zero attached hydrogens (tertiary/aromatic N) is 1. The Morgan fingerprint density at radius 3 is 2.81 bits per heavy atom. The highest BCUT2D eigenvalue weighted by atomic mass is 19.1. The van der Waals surface area contributed by atoms with E-state index in [1.807, 2.05) is 0 Å². The fraction of sp³-hybridized carbons (Fsp3) is 0.500. The maximum atomic E-state index is 13.3. The van der Waals surface area contributed by atoms with Gasteiger partial charge in [0.1, 0.15) is 0 Å². The molecule has 0 aromatic heterocycles. The molecule has 0 aliphatic heterocycles. The van der Waals surface area contributed by atoms with E-state index in [0.717, 1.165) is 37.8 Å². The summed E-state index contributed by atoms with van der Waals surface area (Å²) in [5.41, 5.74) is 5.27. The normalized spacial score (nSPS) is 21.8. The molecule has 1 aliphatic carbocycles. The molecule has 2 atom stereocenters. The van der Waals surface area contributed by atoms with Crippen molar-refractivity contribution in [3.63, 3.8) is 0 Å². The minimum absolute atomic E-state index is 0.134. The molecular weight excluding hydrogens is 277 g/mol. The molecule has 1 fully saturated rings. The average molecular weight is 295 g/mol. The van der Waals surface area contributed by atoms with E-state index in [1.54, 1.807) is 0 Å². The van der Waals surface area contributed by atoms with Gasteiger partial charge in [-0.1, -0.05) is 12.8 Å². The highest BCUT2D eigenvalue weighted by molar-refractivity contribution is 5.93. The van der Waals surface area contributed by atoms with Crippen molar-refractivity contribution < 1.29 is 14.1 Å². The Hall–Kier alpha value is -2.02. The average Bonchev–Trinajstić information content (AvgIpc) is 2.48. The first kappa shape index (κ1) is 15.4. The lowest BCUT2D eigenvalue weighted by Gasteiger charge is -2.29. The van der Waals surface area contributed by atoms with Gasteiger partial charge >= 0.3 is 5.69 Å². The summed E-state index contributed by atoms with van der Waals surface area (Å²) in [5.74, 6) is -1.18. The molecule has 0 spiro atoms. The van der Waals surface area contributed by atoms with Crippen molar-refractivity contribution in [1.82, 2.24) is 0 Å². The number of nitro benzene ring substituents is 1. The van der Waals surface area contributed by atoms with Crippen LogP contribution in [0.2, 0.25) is 0 Å². The number of carbonyl (C=O) groups is 1. The minimum atomic E-state index is -0.921. The predicted octanol–water partition coefficient (Wildman–Crippen LogP) is 2.44. The summed E-state index contributed by atoms with van der Waals surface area (Å²) < 4.78 is 13.3. The van der Waals surface area contributed by atoms with Crippen molar-refractivity contribution in [2.75, 3.05) is 11.9 Å². The van der Waals surface area contributed by atoms with E-state index in [4.69, 9.17) is 5.73 Å². The quantitative estimate of drug-likeness (QED) is 0.658. The summed E-state index contributed by atoms with van der Waals surface area (Å²) in [6.07, 6.45) is 3.71. The van der Waals surface area contributed by atoms with Gasteiger partial charge in [-0.15, -0.1) is 0 Å². The first-order valence-electron chi connectivity index (χ1n) is 6.97. The number of halogens is 1. The van der Waals surface area contributed by atoms with Crippen LogP contribution in [0.3, 0.4) is 0 Å². The zero-order valence-electron chi connectivity index (χ0n) is 11.5. The zero-order chi connectivity index (χ0) is 15.4. The first-order valence-corrected chi connectivity index (χ1v) is 6.97. The number of anilines is 1. The molecule has 6 nitrogen and oxygen atoms in total. The monoisotopic (exact) mass is 295 g/mol. The molecule has 114 valence electrons. The smallest absolute Gasteiger partial charge is 0.306 e. The van der Waals surface area contributed by atoms with Crippen LogP contribution in [0, 0.1) is 27.8 Å². The summed E-state index contributed by atoms with van der Waals surface area (Å²) in [5, 5.41) is 13.3. The van der Waals surface area contributed by atoms with Crippen molar-refractivity contribution in [3.05, 3.63) is 34.1 Å². The van der Waals surface area contributed by atoms with E-state index >= 15 is 0 Å². The van der Waals surface area contributed by atoms with E-state index in [0.29, 0.717) is 6.54 Å². The standard InChI is InChI=1S/C14H18FN3O3/c15-12-6-5-10(7-13(12)18(20)21)17-14(19)11-4-2-1-3-9(11)8-16/h5-7,9,11H,1-4,8,16H2,(H,17,19). The van der Waals surface area contributed by atoms with Gasteiger partial charge in [0.15, 0.2) is 0 Å². The molecule has 1 aromatic rings. The number of nitrogens with two attached hydrogens (primary N) is 1. The third-order valence-electron chi connectivity index (χ3n) is 3.96. The largest absolute Gasteiger partial charge is 0.330 e. The van der Waals surface area contributed by atoms with E-state index < -0.39 is 16.4 Å². The Labute approximate surface area is 121 Å². The van der Waals surface area contributed by atoms with Gasteiger partial charge in [-0.05, 0) is 37.4 Å². The summed E-state index contributed by atoms with van der Waals surface area (Å²) in [7, 11) is 0. The topological polar surface area (TPSA) is 98.3 Å². The van der Waals surface area contributed by atoms with Crippen LogP contribution in [-0.4, -0.2) is 17.4 Å². The molecule has 1 saturated carbocycles. The Kier molecular flexibility index (Phi) is 4.85. The second-order valence-electron chi connectivity index (χ2n) is 5.30. The fourth-order valence-electron chi connectivity index (χ4n) is 2.80. The second kappa shape index (κ2) is 6.62. The second-order valence-corrected chi connectivity index (χ2v) is 5.30. The molecule has 1 aliphatic rings. The van der Waals surface area contributed by atoms with E-state index in [2.05, 4.69) is 5.32 Å². The lowest BCUT2D eigenvalue weighted by atomic mass is 9.78. The molecule has 1 amide bonds. The van der Waals surface area contributed by atoms with Crippen LogP contribution in [0.1, 0.15) is 25.7 Å². The molecule has 2 unspecified atom stereocenters. The van der Waals surface area contributed by atoms with Gasteiger partial charge in [0.25, 0.3) is 0 Å². The van der Waals surface area contributed by atoms with Crippen molar-refractivity contribution >= 4 is 17.3 Å². The number of hydrogen-bond donors (Lipinski definition) is 2. The SMILES string of the molecule is NCC1CCCCC1C(=O)Nc1ccc(F)c([N+](=O)[O-])c1. The highest BCUT2D eigenvalue weighted by Crippen LogP contribution is 2.31. The van der Waals surface area contributed by atoms with Crippen LogP contribution in [0.15, 0.2) is 18.2 Å². The molecule has 0 bridgehead atoms. The van der Waals surface area contributed by atoms with Crippen LogP contribution in [0.4, 0.5) is 15.8 Å². The maximum absolute atomic E-state index is 13.3. The molecule has 3 N–H and O–H groups in total.